The molecule has 1 amide bonds. The molecule has 0 saturated heterocycles. The topological polar surface area (TPSA) is 55.1 Å². The molecule has 0 aliphatic carbocycles. The van der Waals surface area contributed by atoms with Crippen LogP contribution in [0.3, 0.4) is 0 Å². The Morgan fingerprint density at radius 3 is 2.60 bits per heavy atom. The molecule has 0 aromatic carbocycles. The lowest BCUT2D eigenvalue weighted by Crippen LogP contribution is -2.27. The molecule has 4 nitrogen and oxygen atoms in total. The van der Waals surface area contributed by atoms with E-state index >= 15 is 0 Å². The molecule has 0 saturated carbocycles. The predicted octanol–water partition coefficient (Wildman–Crippen LogP) is 3.74. The van der Waals surface area contributed by atoms with E-state index in [-0.39, 0.29) is 11.9 Å². The third-order valence-electron chi connectivity index (χ3n) is 3.13. The molecule has 1 N–H and O–H groups in total. The van der Waals surface area contributed by atoms with E-state index in [9.17, 15) is 4.79 Å². The van der Waals surface area contributed by atoms with E-state index in [0.29, 0.717) is 10.6 Å². The van der Waals surface area contributed by atoms with Gasteiger partial charge in [-0.05, 0) is 39.8 Å². The molecule has 2 rings (SSSR count). The van der Waals surface area contributed by atoms with E-state index in [1.807, 2.05) is 33.8 Å². The Kier molecular flexibility index (Phi) is 4.14. The van der Waals surface area contributed by atoms with Gasteiger partial charge in [0.2, 0.25) is 0 Å². The molecule has 2 aromatic heterocycles. The molecule has 1 atom stereocenters. The van der Waals surface area contributed by atoms with Gasteiger partial charge in [-0.3, -0.25) is 9.78 Å². The van der Waals surface area contributed by atoms with Crippen LogP contribution < -0.4 is 5.32 Å². The van der Waals surface area contributed by atoms with E-state index in [4.69, 9.17) is 16.0 Å². The number of aromatic nitrogens is 1. The van der Waals surface area contributed by atoms with Crippen LogP contribution in [0.5, 0.6) is 0 Å². The summed E-state index contributed by atoms with van der Waals surface area (Å²) in [6.45, 7) is 7.50. The number of carbonyl (C=O) groups is 1. The van der Waals surface area contributed by atoms with Crippen LogP contribution >= 0.6 is 11.6 Å². The van der Waals surface area contributed by atoms with Crippen LogP contribution in [0.4, 0.5) is 0 Å². The molecule has 0 radical (unpaired) electrons. The van der Waals surface area contributed by atoms with Crippen molar-refractivity contribution in [3.05, 3.63) is 51.7 Å². The van der Waals surface area contributed by atoms with Gasteiger partial charge in [0.25, 0.3) is 5.91 Å². The summed E-state index contributed by atoms with van der Waals surface area (Å²) >= 11 is 6.07. The minimum Gasteiger partial charge on any atom is -0.466 e. The van der Waals surface area contributed by atoms with Crippen molar-refractivity contribution in [1.29, 1.82) is 0 Å². The van der Waals surface area contributed by atoms with E-state index in [1.54, 1.807) is 6.07 Å². The van der Waals surface area contributed by atoms with Crippen LogP contribution in [0.25, 0.3) is 0 Å². The Balaban J connectivity index is 2.17. The van der Waals surface area contributed by atoms with Gasteiger partial charge in [-0.2, -0.15) is 0 Å². The molecule has 0 spiro atoms. The molecule has 0 bridgehead atoms. The highest BCUT2D eigenvalue weighted by Crippen LogP contribution is 2.22. The Labute approximate surface area is 123 Å². The highest BCUT2D eigenvalue weighted by Gasteiger charge is 2.18. The maximum atomic E-state index is 12.2. The first-order chi connectivity index (χ1) is 9.38. The van der Waals surface area contributed by atoms with Gasteiger partial charge in [-0.15, -0.1) is 0 Å². The van der Waals surface area contributed by atoms with E-state index in [1.165, 1.54) is 6.20 Å². The highest BCUT2D eigenvalue weighted by molar-refractivity contribution is 6.33. The molecule has 2 aromatic rings. The van der Waals surface area contributed by atoms with E-state index < -0.39 is 0 Å². The number of nitrogens with one attached hydrogen (secondary N) is 1. The smallest absolute Gasteiger partial charge is 0.254 e. The number of aryl methyl sites for hydroxylation is 3. The van der Waals surface area contributed by atoms with Crippen molar-refractivity contribution in [3.8, 4) is 0 Å². The molecule has 1 unspecified atom stereocenters. The number of furan rings is 1. The van der Waals surface area contributed by atoms with Gasteiger partial charge in [-0.1, -0.05) is 11.6 Å². The second-order valence-corrected chi connectivity index (χ2v) is 5.28. The van der Waals surface area contributed by atoms with Crippen molar-refractivity contribution in [2.45, 2.75) is 33.7 Å². The van der Waals surface area contributed by atoms with Gasteiger partial charge in [0.05, 0.1) is 16.6 Å². The fraction of sp³-hybridized carbons (Fsp3) is 0.333. The van der Waals surface area contributed by atoms with Gasteiger partial charge in [0.1, 0.15) is 11.5 Å². The molecular formula is C15H17ClN2O2. The van der Waals surface area contributed by atoms with Gasteiger partial charge in [-0.25, -0.2) is 0 Å². The third-order valence-corrected chi connectivity index (χ3v) is 3.44. The first kappa shape index (κ1) is 14.6. The average molecular weight is 293 g/mol. The van der Waals surface area contributed by atoms with Crippen LogP contribution in [-0.4, -0.2) is 10.9 Å². The summed E-state index contributed by atoms with van der Waals surface area (Å²) in [4.78, 5) is 16.3. The van der Waals surface area contributed by atoms with E-state index in [2.05, 4.69) is 10.3 Å². The van der Waals surface area contributed by atoms with Crippen LogP contribution in [0.1, 0.15) is 46.1 Å². The highest BCUT2D eigenvalue weighted by atomic mass is 35.5. The number of hydrogen-bond acceptors (Lipinski definition) is 3. The second-order valence-electron chi connectivity index (χ2n) is 4.87. The fourth-order valence-electron chi connectivity index (χ4n) is 2.13. The summed E-state index contributed by atoms with van der Waals surface area (Å²) in [6, 6.07) is 3.45. The zero-order valence-electron chi connectivity index (χ0n) is 12.0. The lowest BCUT2D eigenvalue weighted by molar-refractivity contribution is 0.0939. The number of rotatable bonds is 3. The molecule has 5 heteroatoms. The van der Waals surface area contributed by atoms with Crippen molar-refractivity contribution in [2.75, 3.05) is 0 Å². The number of hydrogen-bond donors (Lipinski definition) is 1. The molecule has 20 heavy (non-hydrogen) atoms. The van der Waals surface area contributed by atoms with Crippen LogP contribution in [0.2, 0.25) is 5.02 Å². The zero-order chi connectivity index (χ0) is 14.9. The van der Waals surface area contributed by atoms with Crippen LogP contribution in [0, 0.1) is 20.8 Å². The molecular weight excluding hydrogens is 276 g/mol. The minimum absolute atomic E-state index is 0.155. The van der Waals surface area contributed by atoms with Crippen molar-refractivity contribution in [2.24, 2.45) is 0 Å². The summed E-state index contributed by atoms with van der Waals surface area (Å²) in [6.07, 6.45) is 1.49. The van der Waals surface area contributed by atoms with Crippen LogP contribution in [0.15, 0.2) is 22.7 Å². The number of amides is 1. The molecule has 0 aliphatic rings. The summed E-state index contributed by atoms with van der Waals surface area (Å²) < 4.78 is 5.47. The summed E-state index contributed by atoms with van der Waals surface area (Å²) in [5.74, 6) is 1.39. The molecule has 0 aliphatic heterocycles. The summed E-state index contributed by atoms with van der Waals surface area (Å²) in [7, 11) is 0. The Hall–Kier alpha value is -1.81. The normalized spacial score (nSPS) is 12.2. The van der Waals surface area contributed by atoms with Crippen molar-refractivity contribution in [3.63, 3.8) is 0 Å². The quantitative estimate of drug-likeness (QED) is 0.937. The van der Waals surface area contributed by atoms with E-state index in [0.717, 1.165) is 22.8 Å². The maximum Gasteiger partial charge on any atom is 0.254 e. The number of pyridine rings is 1. The maximum absolute atomic E-state index is 12.2. The summed E-state index contributed by atoms with van der Waals surface area (Å²) in [5, 5.41) is 3.31. The fourth-order valence-corrected chi connectivity index (χ4v) is 2.42. The van der Waals surface area contributed by atoms with Gasteiger partial charge in [0.15, 0.2) is 0 Å². The predicted molar refractivity (Wildman–Crippen MR) is 78.0 cm³/mol. The standard InChI is InChI=1S/C15H17ClN2O2/c1-8-5-14(16)13(7-17-8)15(19)18-10(3)12-6-9(2)20-11(12)4/h5-7,10H,1-4H3,(H,18,19). The van der Waals surface area contributed by atoms with Gasteiger partial charge >= 0.3 is 0 Å². The zero-order valence-corrected chi connectivity index (χ0v) is 12.7. The lowest BCUT2D eigenvalue weighted by Gasteiger charge is -2.14. The SMILES string of the molecule is Cc1cc(Cl)c(C(=O)NC(C)c2cc(C)oc2C)cn1. The summed E-state index contributed by atoms with van der Waals surface area (Å²) in [5.41, 5.74) is 2.12. The number of carbonyl (C=O) groups excluding carboxylic acids is 1. The Bertz CT molecular complexity index is 649. The van der Waals surface area contributed by atoms with Crippen molar-refractivity contribution >= 4 is 17.5 Å². The first-order valence-corrected chi connectivity index (χ1v) is 6.76. The Morgan fingerprint density at radius 1 is 1.35 bits per heavy atom. The van der Waals surface area contributed by atoms with Crippen LogP contribution in [-0.2, 0) is 0 Å². The van der Waals surface area contributed by atoms with Crippen molar-refractivity contribution < 1.29 is 9.21 Å². The molecule has 0 fully saturated rings. The third kappa shape index (κ3) is 3.02. The largest absolute Gasteiger partial charge is 0.466 e. The molecule has 106 valence electrons. The lowest BCUT2D eigenvalue weighted by atomic mass is 10.1. The van der Waals surface area contributed by atoms with Gasteiger partial charge in [0, 0.05) is 17.5 Å². The monoisotopic (exact) mass is 292 g/mol. The average Bonchev–Trinajstić information content (AvgIpc) is 2.68. The Morgan fingerprint density at radius 2 is 2.05 bits per heavy atom. The van der Waals surface area contributed by atoms with Crippen molar-refractivity contribution in [1.82, 2.24) is 10.3 Å². The minimum atomic E-state index is -0.242. The van der Waals surface area contributed by atoms with Gasteiger partial charge < -0.3 is 9.73 Å². The number of nitrogens with zero attached hydrogens (tertiary/aromatic N) is 1. The molecule has 2 heterocycles. The number of halogens is 1. The first-order valence-electron chi connectivity index (χ1n) is 6.38. The second kappa shape index (κ2) is 5.67.